The lowest BCUT2D eigenvalue weighted by atomic mass is 9.66. The van der Waals surface area contributed by atoms with Crippen LogP contribution in [-0.2, 0) is 5.41 Å². The summed E-state index contributed by atoms with van der Waals surface area (Å²) in [5.74, 6) is -0.202. The summed E-state index contributed by atoms with van der Waals surface area (Å²) in [6.45, 7) is 0. The molecule has 4 heteroatoms. The van der Waals surface area contributed by atoms with Crippen molar-refractivity contribution in [1.29, 1.82) is 0 Å². The molecule has 13 rings (SSSR count). The Morgan fingerprint density at radius 3 is 0.654 bits per heavy atom. The lowest BCUT2D eigenvalue weighted by Gasteiger charge is -2.35. The highest BCUT2D eigenvalue weighted by molar-refractivity contribution is 6.11. The smallest absolute Gasteiger partial charge is 0.193 e. The van der Waals surface area contributed by atoms with E-state index in [4.69, 9.17) is 0 Å². The number of fused-ring (bicyclic) bond motifs is 3. The van der Waals surface area contributed by atoms with Crippen molar-refractivity contribution in [3.05, 3.63) is 370 Å². The molecule has 1 aliphatic carbocycles. The zero-order valence-corrected chi connectivity index (χ0v) is 44.0. The van der Waals surface area contributed by atoms with Gasteiger partial charge >= 0.3 is 0 Å². The van der Waals surface area contributed by atoms with Gasteiger partial charge in [-0.2, -0.15) is 0 Å². The Hall–Kier alpha value is -10.7. The molecule has 0 aromatic heterocycles. The lowest BCUT2D eigenvalue weighted by molar-refractivity contribution is 0.103. The van der Waals surface area contributed by atoms with Crippen molar-refractivity contribution in [2.75, 3.05) is 0 Å². The molecule has 0 N–H and O–H groups in total. The molecule has 382 valence electrons. The van der Waals surface area contributed by atoms with Crippen molar-refractivity contribution in [3.63, 3.8) is 0 Å². The van der Waals surface area contributed by atoms with E-state index in [2.05, 4.69) is 84.9 Å². The van der Waals surface area contributed by atoms with Crippen molar-refractivity contribution in [1.82, 2.24) is 0 Å². The van der Waals surface area contributed by atoms with Crippen molar-refractivity contribution < 1.29 is 19.2 Å². The molecule has 12 aromatic rings. The SMILES string of the molecule is O=C(c1ccccc1)c1ccc(-c2cc(-c3ccc(C(=O)c4ccccc4)cc3)cc(C3(c4cc(-c5ccc(C(=O)c6ccccc6)cc5)cc(-c5ccc(C(=O)c6ccccc6)cc5)c4)c4ccccc4-c4ccccc43)c2)cc1. The van der Waals surface area contributed by atoms with E-state index in [0.29, 0.717) is 44.5 Å². The molecule has 0 unspecified atom stereocenters. The van der Waals surface area contributed by atoms with Gasteiger partial charge in [0.05, 0.1) is 5.41 Å². The fourth-order valence-electron chi connectivity index (χ4n) is 11.7. The summed E-state index contributed by atoms with van der Waals surface area (Å²) in [4.78, 5) is 55.1. The van der Waals surface area contributed by atoms with Crippen molar-refractivity contribution in [3.8, 4) is 55.6 Å². The quantitative estimate of drug-likeness (QED) is 0.102. The third kappa shape index (κ3) is 9.35. The van der Waals surface area contributed by atoms with Gasteiger partial charge in [0, 0.05) is 44.5 Å². The van der Waals surface area contributed by atoms with Crippen LogP contribution in [0.5, 0.6) is 0 Å². The van der Waals surface area contributed by atoms with E-state index in [-0.39, 0.29) is 23.1 Å². The van der Waals surface area contributed by atoms with Gasteiger partial charge in [-0.3, -0.25) is 19.2 Å². The Labute approximate surface area is 471 Å². The highest BCUT2D eigenvalue weighted by Gasteiger charge is 2.46. The molecule has 1 aliphatic rings. The molecule has 0 radical (unpaired) electrons. The van der Waals surface area contributed by atoms with Crippen molar-refractivity contribution >= 4 is 23.1 Å². The monoisotopic (exact) mass is 1040 g/mol. The van der Waals surface area contributed by atoms with E-state index in [1.807, 2.05) is 218 Å². The number of ketones is 4. The van der Waals surface area contributed by atoms with Crippen LogP contribution in [-0.4, -0.2) is 23.1 Å². The predicted octanol–water partition coefficient (Wildman–Crippen LogP) is 17.6. The molecule has 0 heterocycles. The zero-order chi connectivity index (χ0) is 54.9. The minimum Gasteiger partial charge on any atom is -0.289 e. The summed E-state index contributed by atoms with van der Waals surface area (Å²) in [6, 6.07) is 99.8. The molecule has 0 aliphatic heterocycles. The van der Waals surface area contributed by atoms with E-state index in [1.165, 1.54) is 0 Å². The summed E-state index contributed by atoms with van der Waals surface area (Å²) in [7, 11) is 0. The average molecular weight is 1040 g/mol. The second-order valence-electron chi connectivity index (χ2n) is 20.5. The van der Waals surface area contributed by atoms with Crippen LogP contribution >= 0.6 is 0 Å². The average Bonchev–Trinajstić information content (AvgIpc) is 3.27. The number of hydrogen-bond donors (Lipinski definition) is 0. The van der Waals surface area contributed by atoms with E-state index < -0.39 is 5.41 Å². The normalized spacial score (nSPS) is 12.0. The first kappa shape index (κ1) is 49.9. The molecule has 0 fully saturated rings. The second-order valence-corrected chi connectivity index (χ2v) is 20.5. The fraction of sp³-hybridized carbons (Fsp3) is 0.0130. The van der Waals surface area contributed by atoms with E-state index in [0.717, 1.165) is 77.9 Å². The highest BCUT2D eigenvalue weighted by atomic mass is 16.1. The van der Waals surface area contributed by atoms with Gasteiger partial charge in [-0.25, -0.2) is 0 Å². The summed E-state index contributed by atoms with van der Waals surface area (Å²) >= 11 is 0. The van der Waals surface area contributed by atoms with Crippen LogP contribution in [0.25, 0.3) is 55.6 Å². The summed E-state index contributed by atoms with van der Waals surface area (Å²) < 4.78 is 0. The topological polar surface area (TPSA) is 68.3 Å². The molecule has 12 aromatic carbocycles. The van der Waals surface area contributed by atoms with Gasteiger partial charge in [-0.15, -0.1) is 0 Å². The van der Waals surface area contributed by atoms with Crippen LogP contribution in [0.2, 0.25) is 0 Å². The van der Waals surface area contributed by atoms with E-state index in [9.17, 15) is 19.2 Å². The van der Waals surface area contributed by atoms with Crippen LogP contribution in [0.4, 0.5) is 0 Å². The molecular weight excluding hydrogens is 989 g/mol. The molecule has 0 bridgehead atoms. The Bertz CT molecular complexity index is 3830. The fourth-order valence-corrected chi connectivity index (χ4v) is 11.7. The van der Waals surface area contributed by atoms with Gasteiger partial charge in [0.25, 0.3) is 0 Å². The summed E-state index contributed by atoms with van der Waals surface area (Å²) in [5, 5.41) is 0. The third-order valence-corrected chi connectivity index (χ3v) is 15.7. The van der Waals surface area contributed by atoms with E-state index >= 15 is 0 Å². The molecule has 0 saturated carbocycles. The van der Waals surface area contributed by atoms with Crippen molar-refractivity contribution in [2.45, 2.75) is 5.41 Å². The Kier molecular flexibility index (Phi) is 13.1. The number of carbonyl (C=O) groups excluding carboxylic acids is 4. The summed E-state index contributed by atoms with van der Waals surface area (Å²) in [5.41, 5.74) is 17.9. The minimum absolute atomic E-state index is 0.0506. The first-order valence-electron chi connectivity index (χ1n) is 27.1. The first-order chi connectivity index (χ1) is 39.8. The number of rotatable bonds is 14. The Balaban J connectivity index is 1.04. The van der Waals surface area contributed by atoms with Gasteiger partial charge in [0.15, 0.2) is 23.1 Å². The van der Waals surface area contributed by atoms with Crippen LogP contribution in [0.3, 0.4) is 0 Å². The second kappa shape index (κ2) is 21.3. The van der Waals surface area contributed by atoms with Gasteiger partial charge in [0.2, 0.25) is 0 Å². The summed E-state index contributed by atoms with van der Waals surface area (Å²) in [6.07, 6.45) is 0. The molecule has 0 atom stereocenters. The van der Waals surface area contributed by atoms with Gasteiger partial charge in [-0.1, -0.05) is 267 Å². The van der Waals surface area contributed by atoms with Gasteiger partial charge in [-0.05, 0) is 114 Å². The molecule has 0 saturated heterocycles. The molecule has 0 spiro atoms. The van der Waals surface area contributed by atoms with Crippen LogP contribution in [0.1, 0.15) is 85.9 Å². The maximum atomic E-state index is 13.8. The molecular formula is C77H50O4. The number of hydrogen-bond acceptors (Lipinski definition) is 4. The zero-order valence-electron chi connectivity index (χ0n) is 44.0. The minimum atomic E-state index is -0.929. The van der Waals surface area contributed by atoms with Crippen LogP contribution in [0, 0.1) is 0 Å². The first-order valence-corrected chi connectivity index (χ1v) is 27.1. The number of benzene rings is 12. The van der Waals surface area contributed by atoms with Gasteiger partial charge < -0.3 is 0 Å². The van der Waals surface area contributed by atoms with Crippen LogP contribution in [0.15, 0.2) is 303 Å². The molecule has 0 amide bonds. The van der Waals surface area contributed by atoms with Crippen molar-refractivity contribution in [2.24, 2.45) is 0 Å². The largest absolute Gasteiger partial charge is 0.289 e. The lowest BCUT2D eigenvalue weighted by Crippen LogP contribution is -2.29. The molecule has 4 nitrogen and oxygen atoms in total. The molecule has 81 heavy (non-hydrogen) atoms. The third-order valence-electron chi connectivity index (χ3n) is 15.7. The van der Waals surface area contributed by atoms with Crippen LogP contribution < -0.4 is 0 Å². The predicted molar refractivity (Wildman–Crippen MR) is 325 cm³/mol. The maximum absolute atomic E-state index is 13.8. The number of carbonyl (C=O) groups is 4. The Morgan fingerprint density at radius 2 is 0.407 bits per heavy atom. The van der Waals surface area contributed by atoms with Gasteiger partial charge in [0.1, 0.15) is 0 Å². The standard InChI is InChI=1S/C77H50O4/c78-73(55-17-5-1-6-18-55)59-37-29-51(30-38-59)63-45-64(52-31-39-60(40-32-52)74(79)56-19-7-2-8-20-56)48-67(47-63)77(71-27-15-13-25-69(71)70-26-14-16-28-72(70)77)68-49-65(53-33-41-61(42-34-53)75(80)57-21-9-3-10-22-57)46-66(50-68)54-35-43-62(44-36-54)76(81)58-23-11-4-12-24-58/h1-50H. The highest BCUT2D eigenvalue weighted by Crippen LogP contribution is 2.58. The maximum Gasteiger partial charge on any atom is 0.193 e. The Morgan fingerprint density at radius 1 is 0.198 bits per heavy atom. The van der Waals surface area contributed by atoms with E-state index in [1.54, 1.807) is 0 Å².